The molecule has 1 aliphatic carbocycles. The number of amides is 2. The van der Waals surface area contributed by atoms with Gasteiger partial charge < -0.3 is 25.5 Å². The molecule has 0 bridgehead atoms. The summed E-state index contributed by atoms with van der Waals surface area (Å²) < 4.78 is 16.2. The van der Waals surface area contributed by atoms with Crippen LogP contribution in [0.4, 0.5) is 33.0 Å². The van der Waals surface area contributed by atoms with Crippen molar-refractivity contribution in [2.24, 2.45) is 7.05 Å². The summed E-state index contributed by atoms with van der Waals surface area (Å²) in [6.07, 6.45) is 1.52. The third kappa shape index (κ3) is 5.26. The van der Waals surface area contributed by atoms with Crippen LogP contribution in [-0.2, 0) is 11.8 Å². The van der Waals surface area contributed by atoms with Crippen LogP contribution in [0, 0.1) is 19.7 Å². The van der Waals surface area contributed by atoms with E-state index < -0.39 is 18.5 Å². The van der Waals surface area contributed by atoms with Crippen LogP contribution < -0.4 is 21.1 Å². The largest absolute Gasteiger partial charge is 0.376 e. The first-order chi connectivity index (χ1) is 18.0. The van der Waals surface area contributed by atoms with Crippen molar-refractivity contribution in [3.05, 3.63) is 75.3 Å². The number of aryl methyl sites for hydroxylation is 1. The molecule has 9 nitrogen and oxygen atoms in total. The molecular formula is C28H32FN5O4. The van der Waals surface area contributed by atoms with Crippen molar-refractivity contribution in [1.82, 2.24) is 9.47 Å². The third-order valence-corrected chi connectivity index (χ3v) is 6.67. The van der Waals surface area contributed by atoms with Crippen molar-refractivity contribution in [2.45, 2.75) is 39.7 Å². The molecule has 2 amide bonds. The molecule has 38 heavy (non-hydrogen) atoms. The zero-order valence-electron chi connectivity index (χ0n) is 22.1. The van der Waals surface area contributed by atoms with Crippen LogP contribution in [0.2, 0.25) is 0 Å². The average molecular weight is 522 g/mol. The molecule has 1 fully saturated rings. The lowest BCUT2D eigenvalue weighted by atomic mass is 10.1. The van der Waals surface area contributed by atoms with E-state index in [1.165, 1.54) is 29.5 Å². The number of rotatable bonds is 8. The van der Waals surface area contributed by atoms with E-state index in [-0.39, 0.29) is 34.6 Å². The number of nitrogens with one attached hydrogen (secondary N) is 2. The smallest absolute Gasteiger partial charge is 0.261 e. The SMILES string of the molecule is CC(=O)Nc1cccc(N(C)c2c(C(=O)N(CO)C3CC3)c(Nc3ccc(C)cc3F)n(C)c(=O)c2C)c1. The van der Waals surface area contributed by atoms with E-state index in [0.29, 0.717) is 22.6 Å². The summed E-state index contributed by atoms with van der Waals surface area (Å²) in [5, 5.41) is 15.8. The van der Waals surface area contributed by atoms with Gasteiger partial charge in [-0.2, -0.15) is 0 Å². The second kappa shape index (κ2) is 10.7. The van der Waals surface area contributed by atoms with Gasteiger partial charge in [-0.15, -0.1) is 0 Å². The number of aliphatic hydroxyl groups is 1. The number of halogens is 1. The van der Waals surface area contributed by atoms with Crippen LogP contribution in [0.3, 0.4) is 0 Å². The molecule has 2 aromatic carbocycles. The maximum Gasteiger partial charge on any atom is 0.261 e. The molecule has 0 unspecified atom stereocenters. The monoisotopic (exact) mass is 521 g/mol. The van der Waals surface area contributed by atoms with Gasteiger partial charge in [-0.05, 0) is 62.6 Å². The summed E-state index contributed by atoms with van der Waals surface area (Å²) in [5.41, 5.74) is 2.34. The molecule has 1 aromatic heterocycles. The Labute approximate surface area is 220 Å². The molecule has 0 saturated heterocycles. The highest BCUT2D eigenvalue weighted by atomic mass is 19.1. The second-order valence-electron chi connectivity index (χ2n) is 9.61. The summed E-state index contributed by atoms with van der Waals surface area (Å²) in [4.78, 5) is 42.1. The Morgan fingerprint density at radius 3 is 2.47 bits per heavy atom. The number of hydrogen-bond donors (Lipinski definition) is 3. The molecule has 200 valence electrons. The molecule has 1 saturated carbocycles. The molecule has 0 aliphatic heterocycles. The average Bonchev–Trinajstić information content (AvgIpc) is 3.70. The van der Waals surface area contributed by atoms with Crippen LogP contribution in [-0.4, -0.2) is 46.2 Å². The van der Waals surface area contributed by atoms with E-state index in [1.54, 1.807) is 62.2 Å². The lowest BCUT2D eigenvalue weighted by Crippen LogP contribution is -2.38. The molecule has 4 rings (SSSR count). The molecule has 0 atom stereocenters. The Balaban J connectivity index is 1.95. The summed E-state index contributed by atoms with van der Waals surface area (Å²) in [6, 6.07) is 11.5. The number of aliphatic hydroxyl groups excluding tert-OH is 1. The van der Waals surface area contributed by atoms with Crippen molar-refractivity contribution in [2.75, 3.05) is 29.3 Å². The van der Waals surface area contributed by atoms with Crippen LogP contribution in [0.1, 0.15) is 41.3 Å². The highest BCUT2D eigenvalue weighted by molar-refractivity contribution is 6.06. The summed E-state index contributed by atoms with van der Waals surface area (Å²) in [5.74, 6) is -1.15. The highest BCUT2D eigenvalue weighted by Crippen LogP contribution is 2.38. The Morgan fingerprint density at radius 2 is 1.87 bits per heavy atom. The van der Waals surface area contributed by atoms with Crippen molar-refractivity contribution in [3.8, 4) is 0 Å². The number of benzene rings is 2. The molecule has 3 N–H and O–H groups in total. The fraction of sp³-hybridized carbons (Fsp3) is 0.321. The number of anilines is 5. The van der Waals surface area contributed by atoms with E-state index in [9.17, 15) is 23.9 Å². The van der Waals surface area contributed by atoms with Crippen molar-refractivity contribution in [1.29, 1.82) is 0 Å². The molecular weight excluding hydrogens is 489 g/mol. The highest BCUT2D eigenvalue weighted by Gasteiger charge is 2.37. The maximum absolute atomic E-state index is 14.9. The van der Waals surface area contributed by atoms with Gasteiger partial charge >= 0.3 is 0 Å². The van der Waals surface area contributed by atoms with E-state index in [4.69, 9.17) is 0 Å². The van der Waals surface area contributed by atoms with Crippen molar-refractivity contribution < 1.29 is 19.1 Å². The number of nitrogens with zero attached hydrogens (tertiary/aromatic N) is 3. The van der Waals surface area contributed by atoms with Gasteiger partial charge in [0.25, 0.3) is 11.5 Å². The van der Waals surface area contributed by atoms with Gasteiger partial charge in [0.05, 0.1) is 11.4 Å². The van der Waals surface area contributed by atoms with Gasteiger partial charge in [0.15, 0.2) is 0 Å². The minimum absolute atomic E-state index is 0.103. The first kappa shape index (κ1) is 26.9. The minimum Gasteiger partial charge on any atom is -0.376 e. The fourth-order valence-electron chi connectivity index (χ4n) is 4.54. The minimum atomic E-state index is -0.532. The zero-order chi connectivity index (χ0) is 27.7. The molecule has 0 spiro atoms. The number of aromatic nitrogens is 1. The van der Waals surface area contributed by atoms with Gasteiger partial charge in [-0.25, -0.2) is 4.39 Å². The quantitative estimate of drug-likeness (QED) is 0.384. The number of carbonyl (C=O) groups excluding carboxylic acids is 2. The first-order valence-corrected chi connectivity index (χ1v) is 12.3. The summed E-state index contributed by atoms with van der Waals surface area (Å²) >= 11 is 0. The Bertz CT molecular complexity index is 1460. The lowest BCUT2D eigenvalue weighted by molar-refractivity contribution is -0.114. The van der Waals surface area contributed by atoms with Gasteiger partial charge in [-0.3, -0.25) is 19.0 Å². The topological polar surface area (TPSA) is 107 Å². The van der Waals surface area contributed by atoms with Crippen molar-refractivity contribution >= 4 is 40.4 Å². The Morgan fingerprint density at radius 1 is 1.16 bits per heavy atom. The predicted molar refractivity (Wildman–Crippen MR) is 146 cm³/mol. The van der Waals surface area contributed by atoms with E-state index in [1.807, 2.05) is 0 Å². The van der Waals surface area contributed by atoms with Crippen LogP contribution in [0.25, 0.3) is 0 Å². The molecule has 1 heterocycles. The standard InChI is InChI=1S/C28H32FN5O4/c1-16-9-12-23(22(29)13-16)31-26-24(28(38)34(15-35)20-10-11-20)25(17(2)27(37)33(26)5)32(4)21-8-6-7-19(14-21)30-18(3)36/h6-9,12-14,20,31,35H,10-11,15H2,1-5H3,(H,30,36). The lowest BCUT2D eigenvalue weighted by Gasteiger charge is -2.30. The van der Waals surface area contributed by atoms with E-state index in [0.717, 1.165) is 18.4 Å². The second-order valence-corrected chi connectivity index (χ2v) is 9.61. The van der Waals surface area contributed by atoms with Gasteiger partial charge in [-0.1, -0.05) is 12.1 Å². The number of carbonyl (C=O) groups is 2. The summed E-state index contributed by atoms with van der Waals surface area (Å²) in [7, 11) is 3.23. The first-order valence-electron chi connectivity index (χ1n) is 12.3. The van der Waals surface area contributed by atoms with Gasteiger partial charge in [0.1, 0.15) is 23.9 Å². The van der Waals surface area contributed by atoms with E-state index in [2.05, 4.69) is 10.6 Å². The molecule has 1 aliphatic rings. The number of pyridine rings is 1. The van der Waals surface area contributed by atoms with Gasteiger partial charge in [0.2, 0.25) is 5.91 Å². The molecule has 3 aromatic rings. The zero-order valence-corrected chi connectivity index (χ0v) is 22.1. The van der Waals surface area contributed by atoms with E-state index >= 15 is 0 Å². The fourth-order valence-corrected chi connectivity index (χ4v) is 4.54. The van der Waals surface area contributed by atoms with Gasteiger partial charge in [0, 0.05) is 44.0 Å². The maximum atomic E-state index is 14.9. The third-order valence-electron chi connectivity index (χ3n) is 6.67. The molecule has 10 heteroatoms. The summed E-state index contributed by atoms with van der Waals surface area (Å²) in [6.45, 7) is 4.30. The van der Waals surface area contributed by atoms with Crippen LogP contribution in [0.15, 0.2) is 47.3 Å². The van der Waals surface area contributed by atoms with Crippen molar-refractivity contribution in [3.63, 3.8) is 0 Å². The molecule has 0 radical (unpaired) electrons. The number of hydrogen-bond acceptors (Lipinski definition) is 6. The Kier molecular flexibility index (Phi) is 7.54. The predicted octanol–water partition coefficient (Wildman–Crippen LogP) is 4.17. The van der Waals surface area contributed by atoms with Crippen LogP contribution >= 0.6 is 0 Å². The Hall–Kier alpha value is -4.18. The normalized spacial score (nSPS) is 12.7. The van der Waals surface area contributed by atoms with Crippen LogP contribution in [0.5, 0.6) is 0 Å².